The van der Waals surface area contributed by atoms with E-state index in [1.54, 1.807) is 0 Å². The molecule has 0 aromatic heterocycles. The van der Waals surface area contributed by atoms with Crippen molar-refractivity contribution in [3.63, 3.8) is 0 Å². The molecule has 4 rings (SSSR count). The SMILES string of the molecule is CCCCCCCCO[C@@H]1O[C@H](CO[C@H]2O[C@H](C)[C@@H](O)[C@H](O)[C@@H]2O)[C@@H](O)[C@H](O[C@H]2O[C@H](CO)[C@@H](O)[C@H](O)[C@@H]2O[C@@H]2O[C@H](CO)[C@@H](O)[C@H](O)[C@H]2NC(C)=O)[C@@H]1O. The summed E-state index contributed by atoms with van der Waals surface area (Å²) in [5.41, 5.74) is 0. The highest BCUT2D eigenvalue weighted by molar-refractivity contribution is 5.73. The smallest absolute Gasteiger partial charge is 0.217 e. The van der Waals surface area contributed by atoms with E-state index in [-0.39, 0.29) is 6.61 Å². The van der Waals surface area contributed by atoms with Crippen LogP contribution in [0.1, 0.15) is 59.3 Å². The first-order valence-electron chi connectivity index (χ1n) is 18.9. The van der Waals surface area contributed by atoms with Gasteiger partial charge >= 0.3 is 0 Å². The average molecular weight is 804 g/mol. The molecule has 1 amide bonds. The Bertz CT molecular complexity index is 1140. The zero-order valence-electron chi connectivity index (χ0n) is 31.2. The molecule has 4 aliphatic heterocycles. The number of hydrogen-bond acceptors (Lipinski definition) is 20. The minimum Gasteiger partial charge on any atom is -0.394 e. The van der Waals surface area contributed by atoms with E-state index in [2.05, 4.69) is 12.2 Å². The highest BCUT2D eigenvalue weighted by Crippen LogP contribution is 2.34. The maximum Gasteiger partial charge on any atom is 0.217 e. The van der Waals surface area contributed by atoms with Crippen LogP contribution in [0.25, 0.3) is 0 Å². The normalized spacial score (nSPS) is 45.3. The van der Waals surface area contributed by atoms with Crippen molar-refractivity contribution in [2.75, 3.05) is 26.4 Å². The second-order valence-electron chi connectivity index (χ2n) is 14.5. The molecule has 0 radical (unpaired) electrons. The fourth-order valence-electron chi connectivity index (χ4n) is 6.97. The Morgan fingerprint density at radius 2 is 1.13 bits per heavy atom. The van der Waals surface area contributed by atoms with Crippen molar-refractivity contribution in [3.05, 3.63) is 0 Å². The van der Waals surface area contributed by atoms with Gasteiger partial charge in [0.1, 0.15) is 91.5 Å². The molecular weight excluding hydrogens is 742 g/mol. The molecule has 0 aromatic rings. The van der Waals surface area contributed by atoms with E-state index < -0.39 is 148 Å². The number of unbranched alkanes of at least 4 members (excludes halogenated alkanes) is 5. The number of nitrogens with one attached hydrogen (secondary N) is 1. The summed E-state index contributed by atoms with van der Waals surface area (Å²) in [5, 5.41) is 119. The highest BCUT2D eigenvalue weighted by Gasteiger charge is 2.55. The van der Waals surface area contributed by atoms with Gasteiger partial charge in [-0.25, -0.2) is 0 Å². The number of carbonyl (C=O) groups is 1. The summed E-state index contributed by atoms with van der Waals surface area (Å²) in [4.78, 5) is 12.0. The van der Waals surface area contributed by atoms with Crippen LogP contribution in [0.4, 0.5) is 0 Å². The van der Waals surface area contributed by atoms with E-state index in [4.69, 9.17) is 37.9 Å². The lowest BCUT2D eigenvalue weighted by atomic mass is 9.95. The predicted octanol–water partition coefficient (Wildman–Crippen LogP) is -5.19. The Morgan fingerprint density at radius 1 is 0.564 bits per heavy atom. The first-order chi connectivity index (χ1) is 26.1. The Labute approximate surface area is 318 Å². The molecule has 0 saturated carbocycles. The van der Waals surface area contributed by atoms with Crippen molar-refractivity contribution in [2.45, 2.75) is 182 Å². The summed E-state index contributed by atoms with van der Waals surface area (Å²) < 4.78 is 46.3. The third-order valence-electron chi connectivity index (χ3n) is 10.3. The van der Waals surface area contributed by atoms with Crippen LogP contribution in [-0.4, -0.2) is 211 Å². The molecule has 20 atom stereocenters. The lowest BCUT2D eigenvalue weighted by Crippen LogP contribution is -2.68. The molecule has 4 heterocycles. The molecule has 4 aliphatic rings. The van der Waals surface area contributed by atoms with Crippen molar-refractivity contribution in [3.8, 4) is 0 Å². The number of aliphatic hydroxyl groups is 11. The van der Waals surface area contributed by atoms with Crippen molar-refractivity contribution >= 4 is 5.91 Å². The van der Waals surface area contributed by atoms with Crippen LogP contribution < -0.4 is 5.32 Å². The van der Waals surface area contributed by atoms with Gasteiger partial charge in [-0.15, -0.1) is 0 Å². The first-order valence-corrected chi connectivity index (χ1v) is 18.9. The third-order valence-corrected chi connectivity index (χ3v) is 10.3. The lowest BCUT2D eigenvalue weighted by Gasteiger charge is -2.49. The van der Waals surface area contributed by atoms with Gasteiger partial charge in [-0.1, -0.05) is 39.0 Å². The van der Waals surface area contributed by atoms with Crippen LogP contribution in [0.2, 0.25) is 0 Å². The quantitative estimate of drug-likeness (QED) is 0.0576. The van der Waals surface area contributed by atoms with Gasteiger partial charge in [0.25, 0.3) is 0 Å². The van der Waals surface area contributed by atoms with Gasteiger partial charge in [-0.2, -0.15) is 0 Å². The van der Waals surface area contributed by atoms with Crippen molar-refractivity contribution in [1.29, 1.82) is 0 Å². The fourth-order valence-corrected chi connectivity index (χ4v) is 6.97. The van der Waals surface area contributed by atoms with E-state index in [0.29, 0.717) is 6.42 Å². The zero-order chi connectivity index (χ0) is 40.6. The van der Waals surface area contributed by atoms with Gasteiger partial charge in [-0.3, -0.25) is 4.79 Å². The van der Waals surface area contributed by atoms with Gasteiger partial charge in [0.15, 0.2) is 25.2 Å². The minimum absolute atomic E-state index is 0.128. The number of rotatable bonds is 18. The Morgan fingerprint density at radius 3 is 1.76 bits per heavy atom. The Hall–Kier alpha value is -1.29. The molecule has 0 aromatic carbocycles. The van der Waals surface area contributed by atoms with Crippen LogP contribution in [0.15, 0.2) is 0 Å². The summed E-state index contributed by atoms with van der Waals surface area (Å²) in [7, 11) is 0. The number of hydrogen-bond donors (Lipinski definition) is 12. The first kappa shape index (κ1) is 46.4. The number of aliphatic hydroxyl groups excluding tert-OH is 11. The van der Waals surface area contributed by atoms with Gasteiger partial charge in [0, 0.05) is 13.5 Å². The van der Waals surface area contributed by atoms with Gasteiger partial charge in [0.2, 0.25) is 5.91 Å². The van der Waals surface area contributed by atoms with Crippen LogP contribution in [0.3, 0.4) is 0 Å². The predicted molar refractivity (Wildman–Crippen MR) is 181 cm³/mol. The monoisotopic (exact) mass is 803 g/mol. The van der Waals surface area contributed by atoms with Crippen molar-refractivity contribution < 1.29 is 98.9 Å². The topological polar surface area (TPSA) is 325 Å². The summed E-state index contributed by atoms with van der Waals surface area (Å²) >= 11 is 0. The molecule has 322 valence electrons. The van der Waals surface area contributed by atoms with Gasteiger partial charge in [0.05, 0.1) is 25.9 Å². The van der Waals surface area contributed by atoms with Crippen LogP contribution in [-0.2, 0) is 42.7 Å². The van der Waals surface area contributed by atoms with E-state index in [9.17, 15) is 61.0 Å². The van der Waals surface area contributed by atoms with Crippen molar-refractivity contribution in [1.82, 2.24) is 5.32 Å². The molecule has 4 fully saturated rings. The second-order valence-corrected chi connectivity index (χ2v) is 14.5. The van der Waals surface area contributed by atoms with E-state index in [0.717, 1.165) is 39.0 Å². The standard InChI is InChI=1S/C34H61NO20/c1-4-5-6-7-8-9-10-48-33-28(47)29(23(42)18(53-33)13-49-32-27(46)25(44)20(39)14(2)50-32)54-34-30(26(45)22(41)17(12-37)52-34)55-31-19(35-15(3)38)24(43)21(40)16(11-36)51-31/h14,16-34,36-37,39-47H,4-13H2,1-3H3,(H,35,38)/t14-,16-,17-,18-,19-,20-,21-,22-,23-,24-,25+,26+,27+,28+,29+,30+,31+,32+,33-,34-/m1/s1. The molecule has 0 unspecified atom stereocenters. The van der Waals surface area contributed by atoms with E-state index in [1.807, 2.05) is 0 Å². The van der Waals surface area contributed by atoms with E-state index >= 15 is 0 Å². The Kier molecular flexibility index (Phi) is 18.3. The highest BCUT2D eigenvalue weighted by atomic mass is 16.8. The third kappa shape index (κ3) is 11.5. The maximum atomic E-state index is 12.0. The lowest BCUT2D eigenvalue weighted by molar-refractivity contribution is -0.385. The number of carbonyl (C=O) groups excluding carboxylic acids is 1. The summed E-state index contributed by atoms with van der Waals surface area (Å²) in [6.07, 6.45) is -25.1. The van der Waals surface area contributed by atoms with Crippen molar-refractivity contribution in [2.24, 2.45) is 0 Å². The van der Waals surface area contributed by atoms with Gasteiger partial charge < -0.3 is 99.4 Å². The van der Waals surface area contributed by atoms with Crippen LogP contribution in [0, 0.1) is 0 Å². The number of ether oxygens (including phenoxy) is 8. The molecule has 0 aliphatic carbocycles. The molecule has 0 spiro atoms. The summed E-state index contributed by atoms with van der Waals surface area (Å²) in [5.74, 6) is -0.676. The Balaban J connectivity index is 1.57. The minimum atomic E-state index is -1.93. The summed E-state index contributed by atoms with van der Waals surface area (Å²) in [6.45, 7) is 2.62. The number of amides is 1. The van der Waals surface area contributed by atoms with Crippen LogP contribution >= 0.6 is 0 Å². The zero-order valence-corrected chi connectivity index (χ0v) is 31.2. The molecule has 55 heavy (non-hydrogen) atoms. The van der Waals surface area contributed by atoms with Gasteiger partial charge in [-0.05, 0) is 13.3 Å². The molecule has 21 nitrogen and oxygen atoms in total. The molecular formula is C34H61NO20. The van der Waals surface area contributed by atoms with E-state index in [1.165, 1.54) is 6.92 Å². The summed E-state index contributed by atoms with van der Waals surface area (Å²) in [6, 6.07) is -1.49. The second kappa shape index (κ2) is 21.6. The maximum absolute atomic E-state index is 12.0. The molecule has 4 saturated heterocycles. The molecule has 12 N–H and O–H groups in total. The average Bonchev–Trinajstić information content (AvgIpc) is 3.16. The fraction of sp³-hybridized carbons (Fsp3) is 0.971. The van der Waals surface area contributed by atoms with Crippen LogP contribution in [0.5, 0.6) is 0 Å². The largest absolute Gasteiger partial charge is 0.394 e. The molecule has 0 bridgehead atoms. The molecule has 21 heteroatoms.